The van der Waals surface area contributed by atoms with Gasteiger partial charge in [0.1, 0.15) is 11.3 Å². The summed E-state index contributed by atoms with van der Waals surface area (Å²) in [6.45, 7) is 0. The van der Waals surface area contributed by atoms with Gasteiger partial charge in [-0.2, -0.15) is 0 Å². The number of hydrogen-bond donors (Lipinski definition) is 3. The molecule has 1 aliphatic rings. The minimum Gasteiger partial charge on any atom is -0.449 e. The molecule has 6 nitrogen and oxygen atoms in total. The van der Waals surface area contributed by atoms with Crippen molar-refractivity contribution < 1.29 is 14.6 Å². The number of imidazole rings is 1. The van der Waals surface area contributed by atoms with Crippen molar-refractivity contribution in [1.82, 2.24) is 9.97 Å². The number of fused-ring (bicyclic) bond motifs is 1. The zero-order valence-electron chi connectivity index (χ0n) is 11.0. The van der Waals surface area contributed by atoms with Crippen LogP contribution in [0, 0.1) is 0 Å². The number of nitrogens with one attached hydrogen (secondary N) is 1. The molecule has 1 aliphatic carbocycles. The summed E-state index contributed by atoms with van der Waals surface area (Å²) in [5.74, 6) is 1.53. The van der Waals surface area contributed by atoms with Gasteiger partial charge in [-0.1, -0.05) is 6.07 Å². The highest BCUT2D eigenvalue weighted by atomic mass is 16.7. The van der Waals surface area contributed by atoms with Crippen LogP contribution >= 0.6 is 0 Å². The molecule has 0 amide bonds. The van der Waals surface area contributed by atoms with E-state index in [1.165, 1.54) is 0 Å². The molecule has 0 unspecified atom stereocenters. The van der Waals surface area contributed by atoms with Crippen molar-refractivity contribution in [2.45, 2.75) is 37.6 Å². The van der Waals surface area contributed by atoms with Crippen molar-refractivity contribution in [3.63, 3.8) is 0 Å². The van der Waals surface area contributed by atoms with Crippen molar-refractivity contribution in [3.8, 4) is 5.75 Å². The number of aromatic nitrogens is 2. The number of ether oxygens (including phenoxy) is 1. The maximum atomic E-state index is 10.7. The molecule has 1 aromatic heterocycles. The van der Waals surface area contributed by atoms with Gasteiger partial charge in [-0.15, -0.1) is 0 Å². The number of carboxylic acid groups (broad SMARTS) is 1. The lowest BCUT2D eigenvalue weighted by Crippen LogP contribution is -2.26. The molecule has 0 saturated heterocycles. The molecular formula is C14H17N3O3. The molecule has 0 bridgehead atoms. The van der Waals surface area contributed by atoms with Crippen LogP contribution in [-0.2, 0) is 0 Å². The van der Waals surface area contributed by atoms with E-state index in [9.17, 15) is 4.79 Å². The fraction of sp³-hybridized carbons (Fsp3) is 0.429. The van der Waals surface area contributed by atoms with E-state index in [0.717, 1.165) is 37.0 Å². The molecule has 106 valence electrons. The first-order valence-corrected chi connectivity index (χ1v) is 6.78. The molecule has 1 saturated carbocycles. The molecule has 0 radical (unpaired) electrons. The van der Waals surface area contributed by atoms with Crippen molar-refractivity contribution in [3.05, 3.63) is 24.0 Å². The van der Waals surface area contributed by atoms with Gasteiger partial charge in [-0.3, -0.25) is 0 Å². The number of carbonyl (C=O) groups is 1. The topological polar surface area (TPSA) is 101 Å². The fourth-order valence-corrected chi connectivity index (χ4v) is 2.79. The summed E-state index contributed by atoms with van der Waals surface area (Å²) in [6, 6.07) is 5.52. The van der Waals surface area contributed by atoms with Crippen LogP contribution in [0.4, 0.5) is 4.79 Å². The van der Waals surface area contributed by atoms with Crippen LogP contribution < -0.4 is 10.5 Å². The van der Waals surface area contributed by atoms with Gasteiger partial charge in [-0.05, 0) is 37.8 Å². The lowest BCUT2D eigenvalue weighted by molar-refractivity contribution is 0.145. The molecule has 1 aromatic carbocycles. The quantitative estimate of drug-likeness (QED) is 0.577. The summed E-state index contributed by atoms with van der Waals surface area (Å²) in [4.78, 5) is 18.5. The van der Waals surface area contributed by atoms with Crippen LogP contribution in [0.3, 0.4) is 0 Å². The highest BCUT2D eigenvalue weighted by Crippen LogP contribution is 2.33. The smallest absolute Gasteiger partial charge is 0.449 e. The maximum Gasteiger partial charge on any atom is 0.511 e. The molecule has 1 heterocycles. The van der Waals surface area contributed by atoms with Crippen LogP contribution in [-0.4, -0.2) is 27.3 Å². The monoisotopic (exact) mass is 275 g/mol. The molecule has 3 rings (SSSR count). The summed E-state index contributed by atoms with van der Waals surface area (Å²) in [7, 11) is 0. The van der Waals surface area contributed by atoms with Gasteiger partial charge in [-0.25, -0.2) is 9.78 Å². The minimum atomic E-state index is -1.33. The van der Waals surface area contributed by atoms with Gasteiger partial charge in [0, 0.05) is 12.0 Å². The summed E-state index contributed by atoms with van der Waals surface area (Å²) in [5.41, 5.74) is 7.28. The Balaban J connectivity index is 1.92. The molecule has 20 heavy (non-hydrogen) atoms. The molecule has 0 spiro atoms. The number of nitrogens with two attached hydrogens (primary N) is 1. The number of H-pyrrole nitrogens is 1. The Morgan fingerprint density at radius 3 is 2.80 bits per heavy atom. The highest BCUT2D eigenvalue weighted by Gasteiger charge is 2.23. The van der Waals surface area contributed by atoms with E-state index in [1.54, 1.807) is 12.1 Å². The second kappa shape index (κ2) is 5.13. The van der Waals surface area contributed by atoms with Crippen LogP contribution in [0.5, 0.6) is 5.75 Å². The average molecular weight is 275 g/mol. The fourth-order valence-electron chi connectivity index (χ4n) is 2.79. The van der Waals surface area contributed by atoms with Crippen LogP contribution in [0.25, 0.3) is 11.0 Å². The Kier molecular flexibility index (Phi) is 3.31. The van der Waals surface area contributed by atoms with Gasteiger partial charge in [0.25, 0.3) is 0 Å². The van der Waals surface area contributed by atoms with E-state index in [0.29, 0.717) is 17.5 Å². The summed E-state index contributed by atoms with van der Waals surface area (Å²) in [6.07, 6.45) is 2.69. The summed E-state index contributed by atoms with van der Waals surface area (Å²) in [5, 5.41) is 8.74. The molecule has 6 heteroatoms. The summed E-state index contributed by atoms with van der Waals surface area (Å²) >= 11 is 0. The standard InChI is InChI=1S/C14H17N3O3/c15-9-6-4-8(5-7-9)13-16-10-2-1-3-11(12(10)17-13)20-14(18)19/h1-3,8-9H,4-7,15H2,(H,16,17)(H,18,19)/t8-,9+. The normalized spacial score (nSPS) is 22.9. The molecule has 1 fully saturated rings. The third-order valence-corrected chi connectivity index (χ3v) is 3.85. The number of aromatic amines is 1. The van der Waals surface area contributed by atoms with Crippen LogP contribution in [0.15, 0.2) is 18.2 Å². The zero-order chi connectivity index (χ0) is 14.1. The Morgan fingerprint density at radius 1 is 1.35 bits per heavy atom. The second-order valence-corrected chi connectivity index (χ2v) is 5.25. The Hall–Kier alpha value is -2.08. The molecule has 4 N–H and O–H groups in total. The van der Waals surface area contributed by atoms with Crippen molar-refractivity contribution in [1.29, 1.82) is 0 Å². The van der Waals surface area contributed by atoms with Gasteiger partial charge < -0.3 is 20.6 Å². The van der Waals surface area contributed by atoms with E-state index in [2.05, 4.69) is 9.97 Å². The second-order valence-electron chi connectivity index (χ2n) is 5.25. The lowest BCUT2D eigenvalue weighted by atomic mass is 9.86. The Labute approximate surface area is 115 Å². The van der Waals surface area contributed by atoms with Crippen LogP contribution in [0.1, 0.15) is 37.4 Å². The van der Waals surface area contributed by atoms with E-state index in [-0.39, 0.29) is 5.75 Å². The van der Waals surface area contributed by atoms with E-state index in [4.69, 9.17) is 15.6 Å². The van der Waals surface area contributed by atoms with Crippen molar-refractivity contribution in [2.24, 2.45) is 5.73 Å². The predicted molar refractivity (Wildman–Crippen MR) is 73.9 cm³/mol. The first-order chi connectivity index (χ1) is 9.63. The predicted octanol–water partition coefficient (Wildman–Crippen LogP) is 2.60. The summed E-state index contributed by atoms with van der Waals surface area (Å²) < 4.78 is 4.76. The number of hydrogen-bond acceptors (Lipinski definition) is 4. The first-order valence-electron chi connectivity index (χ1n) is 6.78. The SMILES string of the molecule is N[C@H]1CC[C@@H](c2nc3c(OC(=O)O)cccc3[nH]2)CC1. The molecule has 2 aromatic rings. The number of benzene rings is 1. The largest absolute Gasteiger partial charge is 0.511 e. The Morgan fingerprint density at radius 2 is 2.10 bits per heavy atom. The number of nitrogens with zero attached hydrogens (tertiary/aromatic N) is 1. The van der Waals surface area contributed by atoms with Crippen molar-refractivity contribution >= 4 is 17.2 Å². The first kappa shape index (κ1) is 12.9. The van der Waals surface area contributed by atoms with Gasteiger partial charge >= 0.3 is 6.16 Å². The highest BCUT2D eigenvalue weighted by molar-refractivity contribution is 5.83. The van der Waals surface area contributed by atoms with E-state index < -0.39 is 6.16 Å². The zero-order valence-corrected chi connectivity index (χ0v) is 11.0. The van der Waals surface area contributed by atoms with Gasteiger partial charge in [0.15, 0.2) is 5.75 Å². The maximum absolute atomic E-state index is 10.7. The number of rotatable bonds is 2. The van der Waals surface area contributed by atoms with E-state index in [1.807, 2.05) is 6.07 Å². The average Bonchev–Trinajstić information content (AvgIpc) is 2.84. The van der Waals surface area contributed by atoms with Crippen LogP contribution in [0.2, 0.25) is 0 Å². The third kappa shape index (κ3) is 2.46. The number of para-hydroxylation sites is 1. The van der Waals surface area contributed by atoms with Gasteiger partial charge in [0.05, 0.1) is 5.52 Å². The third-order valence-electron chi connectivity index (χ3n) is 3.85. The van der Waals surface area contributed by atoms with Crippen molar-refractivity contribution in [2.75, 3.05) is 0 Å². The minimum absolute atomic E-state index is 0.269. The molecule has 0 atom stereocenters. The lowest BCUT2D eigenvalue weighted by Gasteiger charge is -2.24. The van der Waals surface area contributed by atoms with Gasteiger partial charge in [0.2, 0.25) is 0 Å². The van der Waals surface area contributed by atoms with E-state index >= 15 is 0 Å². The molecule has 0 aliphatic heterocycles. The Bertz CT molecular complexity index is 630. The molecular weight excluding hydrogens is 258 g/mol.